The smallest absolute Gasteiger partial charge is 0.143 e. The predicted octanol–water partition coefficient (Wildman–Crippen LogP) is 4.16. The Morgan fingerprint density at radius 3 is 2.37 bits per heavy atom. The van der Waals surface area contributed by atoms with Gasteiger partial charge in [0.1, 0.15) is 5.75 Å². The SMILES string of the molecule is CC(NCc1cc(Br)c(O)c(Br)c1)c1ccncc1. The summed E-state index contributed by atoms with van der Waals surface area (Å²) in [6.07, 6.45) is 3.59. The summed E-state index contributed by atoms with van der Waals surface area (Å²) in [6.45, 7) is 2.83. The number of nitrogens with one attached hydrogen (secondary N) is 1. The molecule has 1 atom stereocenters. The van der Waals surface area contributed by atoms with Crippen LogP contribution < -0.4 is 5.32 Å². The molecule has 3 nitrogen and oxygen atoms in total. The number of phenolic OH excluding ortho intramolecular Hbond substituents is 1. The van der Waals surface area contributed by atoms with Crippen molar-refractivity contribution in [1.82, 2.24) is 10.3 Å². The van der Waals surface area contributed by atoms with Gasteiger partial charge >= 0.3 is 0 Å². The van der Waals surface area contributed by atoms with E-state index in [4.69, 9.17) is 0 Å². The molecule has 0 aliphatic heterocycles. The van der Waals surface area contributed by atoms with E-state index in [0.717, 1.165) is 12.1 Å². The second-order valence-corrected chi connectivity index (χ2v) is 6.00. The van der Waals surface area contributed by atoms with Gasteiger partial charge in [0.25, 0.3) is 0 Å². The molecule has 2 N–H and O–H groups in total. The van der Waals surface area contributed by atoms with Gasteiger partial charge in [0, 0.05) is 25.0 Å². The Morgan fingerprint density at radius 1 is 1.21 bits per heavy atom. The summed E-state index contributed by atoms with van der Waals surface area (Å²) in [4.78, 5) is 4.01. The summed E-state index contributed by atoms with van der Waals surface area (Å²) < 4.78 is 1.38. The van der Waals surface area contributed by atoms with Gasteiger partial charge in [0.15, 0.2) is 0 Å². The molecule has 0 aliphatic carbocycles. The van der Waals surface area contributed by atoms with E-state index in [9.17, 15) is 5.11 Å². The van der Waals surface area contributed by atoms with Gasteiger partial charge in [-0.05, 0) is 74.2 Å². The number of pyridine rings is 1. The minimum absolute atomic E-state index is 0.228. The lowest BCUT2D eigenvalue weighted by atomic mass is 10.1. The number of halogens is 2. The molecule has 1 aromatic carbocycles. The van der Waals surface area contributed by atoms with Crippen LogP contribution in [0, 0.1) is 0 Å². The average molecular weight is 386 g/mol. The molecule has 5 heteroatoms. The maximum atomic E-state index is 9.67. The van der Waals surface area contributed by atoms with Gasteiger partial charge in [-0.3, -0.25) is 4.98 Å². The molecule has 0 fully saturated rings. The number of nitrogens with zero attached hydrogens (tertiary/aromatic N) is 1. The van der Waals surface area contributed by atoms with E-state index in [1.54, 1.807) is 12.4 Å². The van der Waals surface area contributed by atoms with Crippen LogP contribution in [-0.4, -0.2) is 10.1 Å². The summed E-state index contributed by atoms with van der Waals surface area (Å²) in [5, 5.41) is 13.1. The van der Waals surface area contributed by atoms with Crippen molar-refractivity contribution >= 4 is 31.9 Å². The fraction of sp³-hybridized carbons (Fsp3) is 0.214. The number of rotatable bonds is 4. The first kappa shape index (κ1) is 14.5. The van der Waals surface area contributed by atoms with Crippen LogP contribution in [0.5, 0.6) is 5.75 Å². The van der Waals surface area contributed by atoms with Crippen molar-refractivity contribution in [2.24, 2.45) is 0 Å². The molecule has 0 bridgehead atoms. The molecule has 2 aromatic rings. The molecule has 0 aliphatic rings. The lowest BCUT2D eigenvalue weighted by molar-refractivity contribution is 0.467. The van der Waals surface area contributed by atoms with Crippen LogP contribution in [0.15, 0.2) is 45.6 Å². The van der Waals surface area contributed by atoms with Crippen molar-refractivity contribution in [3.05, 3.63) is 56.7 Å². The number of benzene rings is 1. The number of hydrogen-bond acceptors (Lipinski definition) is 3. The van der Waals surface area contributed by atoms with Crippen molar-refractivity contribution in [3.63, 3.8) is 0 Å². The van der Waals surface area contributed by atoms with Crippen LogP contribution in [-0.2, 0) is 6.54 Å². The monoisotopic (exact) mass is 384 g/mol. The van der Waals surface area contributed by atoms with E-state index in [1.165, 1.54) is 5.56 Å². The van der Waals surface area contributed by atoms with Crippen molar-refractivity contribution < 1.29 is 5.11 Å². The summed E-state index contributed by atoms with van der Waals surface area (Å²) in [6, 6.07) is 8.06. The standard InChI is InChI=1S/C14H14Br2N2O/c1-9(11-2-4-17-5-3-11)18-8-10-6-12(15)14(19)13(16)7-10/h2-7,9,18-19H,8H2,1H3. The Kier molecular flexibility index (Phi) is 4.96. The van der Waals surface area contributed by atoms with E-state index in [0.29, 0.717) is 8.95 Å². The second-order valence-electron chi connectivity index (χ2n) is 4.29. The minimum Gasteiger partial charge on any atom is -0.506 e. The van der Waals surface area contributed by atoms with Gasteiger partial charge in [0.05, 0.1) is 8.95 Å². The number of hydrogen-bond donors (Lipinski definition) is 2. The zero-order chi connectivity index (χ0) is 13.8. The molecule has 19 heavy (non-hydrogen) atoms. The molecule has 1 aromatic heterocycles. The summed E-state index contributed by atoms with van der Waals surface area (Å²) in [5.74, 6) is 0.228. The van der Waals surface area contributed by atoms with Crippen LogP contribution >= 0.6 is 31.9 Å². The topological polar surface area (TPSA) is 45.1 Å². The summed E-state index contributed by atoms with van der Waals surface area (Å²) in [7, 11) is 0. The second kappa shape index (κ2) is 6.50. The van der Waals surface area contributed by atoms with Crippen molar-refractivity contribution in [1.29, 1.82) is 0 Å². The van der Waals surface area contributed by atoms with E-state index < -0.39 is 0 Å². The maximum Gasteiger partial charge on any atom is 0.143 e. The van der Waals surface area contributed by atoms with Crippen molar-refractivity contribution in [2.45, 2.75) is 19.5 Å². The molecule has 2 rings (SSSR count). The molecule has 0 spiro atoms. The van der Waals surface area contributed by atoms with Gasteiger partial charge in [-0.15, -0.1) is 0 Å². The molecule has 100 valence electrons. The van der Waals surface area contributed by atoms with Crippen molar-refractivity contribution in [2.75, 3.05) is 0 Å². The molecular weight excluding hydrogens is 372 g/mol. The Labute approximate surface area is 129 Å². The third kappa shape index (κ3) is 3.78. The Morgan fingerprint density at radius 2 is 1.79 bits per heavy atom. The minimum atomic E-state index is 0.228. The van der Waals surface area contributed by atoms with Crippen LogP contribution in [0.3, 0.4) is 0 Å². The fourth-order valence-corrected chi connectivity index (χ4v) is 3.04. The van der Waals surface area contributed by atoms with Gasteiger partial charge in [-0.25, -0.2) is 0 Å². The first-order valence-electron chi connectivity index (χ1n) is 5.88. The molecule has 0 saturated carbocycles. The Balaban J connectivity index is 2.03. The average Bonchev–Trinajstić information content (AvgIpc) is 2.43. The van der Waals surface area contributed by atoms with Crippen molar-refractivity contribution in [3.8, 4) is 5.75 Å². The Bertz CT molecular complexity index is 538. The van der Waals surface area contributed by atoms with E-state index in [-0.39, 0.29) is 11.8 Å². The lowest BCUT2D eigenvalue weighted by Gasteiger charge is -2.14. The van der Waals surface area contributed by atoms with Gasteiger partial charge in [-0.1, -0.05) is 0 Å². The summed E-state index contributed by atoms with van der Waals surface area (Å²) in [5.41, 5.74) is 2.30. The first-order valence-corrected chi connectivity index (χ1v) is 7.46. The van der Waals surface area contributed by atoms with Crippen LogP contribution in [0.25, 0.3) is 0 Å². The van der Waals surface area contributed by atoms with Gasteiger partial charge in [0.2, 0.25) is 0 Å². The van der Waals surface area contributed by atoms with Gasteiger partial charge < -0.3 is 10.4 Å². The third-order valence-corrected chi connectivity index (χ3v) is 4.10. The lowest BCUT2D eigenvalue weighted by Crippen LogP contribution is -2.18. The highest BCUT2D eigenvalue weighted by Gasteiger charge is 2.08. The maximum absolute atomic E-state index is 9.67. The van der Waals surface area contributed by atoms with E-state index in [2.05, 4.69) is 49.1 Å². The van der Waals surface area contributed by atoms with E-state index in [1.807, 2.05) is 24.3 Å². The molecule has 0 amide bonds. The fourth-order valence-electron chi connectivity index (χ4n) is 1.76. The molecule has 0 saturated heterocycles. The molecule has 1 unspecified atom stereocenters. The normalized spacial score (nSPS) is 12.4. The quantitative estimate of drug-likeness (QED) is 0.830. The van der Waals surface area contributed by atoms with Gasteiger partial charge in [-0.2, -0.15) is 0 Å². The van der Waals surface area contributed by atoms with Crippen LogP contribution in [0.1, 0.15) is 24.1 Å². The number of aromatic hydroxyl groups is 1. The summed E-state index contributed by atoms with van der Waals surface area (Å²) >= 11 is 6.67. The third-order valence-electron chi connectivity index (χ3n) is 2.90. The zero-order valence-corrected chi connectivity index (χ0v) is 13.6. The highest BCUT2D eigenvalue weighted by atomic mass is 79.9. The Hall–Kier alpha value is -0.910. The zero-order valence-electron chi connectivity index (χ0n) is 10.4. The highest BCUT2D eigenvalue weighted by Crippen LogP contribution is 2.33. The predicted molar refractivity (Wildman–Crippen MR) is 83.0 cm³/mol. The largest absolute Gasteiger partial charge is 0.506 e. The number of phenols is 1. The van der Waals surface area contributed by atoms with Crippen LogP contribution in [0.2, 0.25) is 0 Å². The molecule has 0 radical (unpaired) electrons. The van der Waals surface area contributed by atoms with E-state index >= 15 is 0 Å². The molecular formula is C14H14Br2N2O. The van der Waals surface area contributed by atoms with Crippen LogP contribution in [0.4, 0.5) is 0 Å². The first-order chi connectivity index (χ1) is 9.08. The highest BCUT2D eigenvalue weighted by molar-refractivity contribution is 9.11. The number of aromatic nitrogens is 1. The molecule has 1 heterocycles.